The number of fused-ring (bicyclic) bond motifs is 3. The maximum absolute atomic E-state index is 14.2. The first-order chi connectivity index (χ1) is 19.4. The number of halogens is 6. The number of nitrogens with two attached hydrogens (primary N) is 2. The van der Waals surface area contributed by atoms with E-state index in [-0.39, 0.29) is 28.3 Å². The van der Waals surface area contributed by atoms with Crippen LogP contribution in [0.3, 0.4) is 0 Å². The summed E-state index contributed by atoms with van der Waals surface area (Å²) in [5, 5.41) is 12.4. The standard InChI is InChI=1S/C26H24F6N6O4/c1-13-2-3-14(24(20(35)40,26(30,31)32)42-21(41)25(27,28)29)10-15(13)16-11-36-18(34)17(37-16)19(39)38-23-7-4-22(12-33,5-8-23)6-9-23/h2-3,10-11H,4-9H2,1H3,(H2,34,36)(H2,35,40)(H,38,39). The molecule has 1 aromatic carbocycles. The molecule has 5 N–H and O–H groups in total. The van der Waals surface area contributed by atoms with Gasteiger partial charge in [0.15, 0.2) is 11.5 Å². The number of nitrogens with one attached hydrogen (secondary N) is 1. The molecule has 0 spiro atoms. The number of nitrogen functional groups attached to an aromatic ring is 1. The molecule has 0 aliphatic heterocycles. The number of amides is 2. The Morgan fingerprint density at radius 1 is 1.05 bits per heavy atom. The molecule has 3 saturated carbocycles. The Labute approximate surface area is 234 Å². The number of hydrogen-bond donors (Lipinski definition) is 3. The van der Waals surface area contributed by atoms with Crippen molar-refractivity contribution in [2.45, 2.75) is 68.9 Å². The second kappa shape index (κ2) is 10.1. The number of aryl methyl sites for hydroxylation is 1. The van der Waals surface area contributed by atoms with Crippen LogP contribution in [0.25, 0.3) is 11.3 Å². The van der Waals surface area contributed by atoms with E-state index < -0.39 is 52.3 Å². The molecular weight excluding hydrogens is 574 g/mol. The van der Waals surface area contributed by atoms with Crippen LogP contribution in [0.4, 0.5) is 32.2 Å². The van der Waals surface area contributed by atoms with Gasteiger partial charge in [0.1, 0.15) is 0 Å². The number of alkyl halides is 6. The number of anilines is 1. The quantitative estimate of drug-likeness (QED) is 0.333. The molecular formula is C26H24F6N6O4. The monoisotopic (exact) mass is 598 g/mol. The fourth-order valence-corrected chi connectivity index (χ4v) is 5.46. The summed E-state index contributed by atoms with van der Waals surface area (Å²) in [4.78, 5) is 44.9. The highest BCUT2D eigenvalue weighted by Gasteiger charge is 2.66. The van der Waals surface area contributed by atoms with Crippen LogP contribution in [-0.2, 0) is 19.9 Å². The van der Waals surface area contributed by atoms with Gasteiger partial charge in [-0.05, 0) is 57.1 Å². The summed E-state index contributed by atoms with van der Waals surface area (Å²) in [6.07, 6.45) is -7.36. The lowest BCUT2D eigenvalue weighted by molar-refractivity contribution is -0.280. The molecule has 5 rings (SSSR count). The van der Waals surface area contributed by atoms with E-state index in [0.29, 0.717) is 50.7 Å². The Morgan fingerprint density at radius 2 is 1.64 bits per heavy atom. The smallest absolute Gasteiger partial charge is 0.427 e. The first kappa shape index (κ1) is 30.5. The second-order valence-electron chi connectivity index (χ2n) is 10.6. The van der Waals surface area contributed by atoms with Gasteiger partial charge in [0, 0.05) is 16.7 Å². The van der Waals surface area contributed by atoms with Crippen LogP contribution in [0.15, 0.2) is 24.4 Å². The molecule has 16 heteroatoms. The first-order valence-corrected chi connectivity index (χ1v) is 12.5. The highest BCUT2D eigenvalue weighted by molar-refractivity contribution is 5.97. The van der Waals surface area contributed by atoms with Gasteiger partial charge >= 0.3 is 23.9 Å². The molecule has 3 aliphatic carbocycles. The second-order valence-corrected chi connectivity index (χ2v) is 10.6. The molecule has 3 fully saturated rings. The molecule has 0 saturated heterocycles. The summed E-state index contributed by atoms with van der Waals surface area (Å²) in [7, 11) is 0. The molecule has 1 heterocycles. The van der Waals surface area contributed by atoms with Gasteiger partial charge in [-0.2, -0.15) is 31.6 Å². The number of rotatable bonds is 6. The third-order valence-corrected chi connectivity index (χ3v) is 8.02. The predicted octanol–water partition coefficient (Wildman–Crippen LogP) is 3.73. The third-order valence-electron chi connectivity index (χ3n) is 8.02. The van der Waals surface area contributed by atoms with E-state index in [1.54, 1.807) is 0 Å². The molecule has 224 valence electrons. The number of carbonyl (C=O) groups excluding carboxylic acids is 3. The Morgan fingerprint density at radius 3 is 2.14 bits per heavy atom. The van der Waals surface area contributed by atoms with Gasteiger partial charge in [-0.3, -0.25) is 9.59 Å². The van der Waals surface area contributed by atoms with Crippen molar-refractivity contribution in [3.63, 3.8) is 0 Å². The molecule has 0 radical (unpaired) electrons. The summed E-state index contributed by atoms with van der Waals surface area (Å²) in [5.74, 6) is -6.74. The maximum atomic E-state index is 14.2. The van der Waals surface area contributed by atoms with E-state index in [1.807, 2.05) is 0 Å². The van der Waals surface area contributed by atoms with Gasteiger partial charge < -0.3 is 21.5 Å². The molecule has 42 heavy (non-hydrogen) atoms. The van der Waals surface area contributed by atoms with Crippen molar-refractivity contribution in [1.82, 2.24) is 15.3 Å². The largest absolute Gasteiger partial charge is 0.490 e. The topological polar surface area (TPSA) is 174 Å². The van der Waals surface area contributed by atoms with Crippen LogP contribution in [0.5, 0.6) is 0 Å². The number of primary amides is 1. The first-order valence-electron chi connectivity index (χ1n) is 12.5. The van der Waals surface area contributed by atoms with Gasteiger partial charge in [-0.1, -0.05) is 12.1 Å². The van der Waals surface area contributed by atoms with Gasteiger partial charge in [0.05, 0.1) is 23.4 Å². The van der Waals surface area contributed by atoms with Crippen molar-refractivity contribution >= 4 is 23.6 Å². The summed E-state index contributed by atoms with van der Waals surface area (Å²) in [6.45, 7) is 1.41. The predicted molar refractivity (Wildman–Crippen MR) is 132 cm³/mol. The van der Waals surface area contributed by atoms with Crippen LogP contribution in [0.1, 0.15) is 60.1 Å². The highest BCUT2D eigenvalue weighted by atomic mass is 19.4. The lowest BCUT2D eigenvalue weighted by Gasteiger charge is -2.50. The van der Waals surface area contributed by atoms with Crippen LogP contribution < -0.4 is 16.8 Å². The zero-order valence-electron chi connectivity index (χ0n) is 21.9. The average molecular weight is 599 g/mol. The Balaban J connectivity index is 1.74. The Kier molecular flexibility index (Phi) is 7.37. The van der Waals surface area contributed by atoms with Gasteiger partial charge in [-0.15, -0.1) is 0 Å². The average Bonchev–Trinajstić information content (AvgIpc) is 2.91. The van der Waals surface area contributed by atoms with Gasteiger partial charge in [0.25, 0.3) is 11.8 Å². The van der Waals surface area contributed by atoms with Crippen molar-refractivity contribution in [1.29, 1.82) is 5.26 Å². The molecule has 2 amide bonds. The molecule has 1 aromatic heterocycles. The molecule has 10 nitrogen and oxygen atoms in total. The number of esters is 1. The minimum absolute atomic E-state index is 0.195. The summed E-state index contributed by atoms with van der Waals surface area (Å²) < 4.78 is 85.0. The van der Waals surface area contributed by atoms with Crippen molar-refractivity contribution in [2.24, 2.45) is 11.1 Å². The van der Waals surface area contributed by atoms with Gasteiger partial charge in [0.2, 0.25) is 0 Å². The number of carbonyl (C=O) groups is 3. The van der Waals surface area contributed by atoms with E-state index in [4.69, 9.17) is 11.5 Å². The number of nitrogens with zero attached hydrogens (tertiary/aromatic N) is 3. The molecule has 2 aromatic rings. The van der Waals surface area contributed by atoms with E-state index in [9.17, 15) is 46.0 Å². The fraction of sp³-hybridized carbons (Fsp3) is 0.462. The van der Waals surface area contributed by atoms with E-state index in [2.05, 4.69) is 26.1 Å². The number of nitriles is 1. The van der Waals surface area contributed by atoms with Gasteiger partial charge in [-0.25, -0.2) is 14.8 Å². The summed E-state index contributed by atoms with van der Waals surface area (Å²) in [6, 6.07) is 4.63. The molecule has 3 aliphatic rings. The lowest BCUT2D eigenvalue weighted by atomic mass is 9.58. The highest BCUT2D eigenvalue weighted by Crippen LogP contribution is 2.52. The van der Waals surface area contributed by atoms with Crippen molar-refractivity contribution < 1.29 is 45.5 Å². The van der Waals surface area contributed by atoms with E-state index >= 15 is 0 Å². The zero-order valence-corrected chi connectivity index (χ0v) is 21.9. The van der Waals surface area contributed by atoms with Crippen LogP contribution in [0, 0.1) is 23.7 Å². The Hall–Kier alpha value is -4.42. The number of ether oxygens (including phenoxy) is 1. The van der Waals surface area contributed by atoms with Crippen molar-refractivity contribution in [3.05, 3.63) is 41.2 Å². The third kappa shape index (κ3) is 5.19. The van der Waals surface area contributed by atoms with Crippen LogP contribution in [-0.4, -0.2) is 45.6 Å². The van der Waals surface area contributed by atoms with Crippen molar-refractivity contribution in [3.8, 4) is 17.3 Å². The van der Waals surface area contributed by atoms with E-state index in [1.165, 1.54) is 6.92 Å². The minimum Gasteiger partial charge on any atom is -0.427 e. The van der Waals surface area contributed by atoms with Crippen molar-refractivity contribution in [2.75, 3.05) is 5.73 Å². The minimum atomic E-state index is -5.91. The fourth-order valence-electron chi connectivity index (χ4n) is 5.46. The normalized spacial score (nSPS) is 23.4. The maximum Gasteiger partial charge on any atom is 0.490 e. The van der Waals surface area contributed by atoms with Crippen LogP contribution >= 0.6 is 0 Å². The zero-order chi connectivity index (χ0) is 31.3. The summed E-state index contributed by atoms with van der Waals surface area (Å²) >= 11 is 0. The lowest BCUT2D eigenvalue weighted by Crippen LogP contribution is -2.57. The SMILES string of the molecule is Cc1ccc(C(OC(=O)C(F)(F)F)(C(N)=O)C(F)(F)F)cc1-c1cnc(N)c(C(=O)NC23CCC(C#N)(CC2)CC3)n1. The van der Waals surface area contributed by atoms with Crippen LogP contribution in [0.2, 0.25) is 0 Å². The number of aromatic nitrogens is 2. The van der Waals surface area contributed by atoms with E-state index in [0.717, 1.165) is 12.3 Å². The number of benzene rings is 1. The molecule has 1 unspecified atom stereocenters. The summed E-state index contributed by atoms with van der Waals surface area (Å²) in [5.41, 5.74) is 3.45. The molecule has 2 bridgehead atoms. The number of hydrogen-bond acceptors (Lipinski definition) is 8. The molecule has 1 atom stereocenters. The Bertz CT molecular complexity index is 1480.